The van der Waals surface area contributed by atoms with E-state index in [1.165, 1.54) is 7.11 Å². The summed E-state index contributed by atoms with van der Waals surface area (Å²) in [5, 5.41) is 3.11. The molecule has 1 aromatic carbocycles. The zero-order valence-corrected chi connectivity index (χ0v) is 13.7. The molecule has 2 aromatic rings. The van der Waals surface area contributed by atoms with Gasteiger partial charge in [0.1, 0.15) is 17.1 Å². The van der Waals surface area contributed by atoms with Gasteiger partial charge in [-0.05, 0) is 49.1 Å². The molecule has 2 N–H and O–H groups in total. The highest BCUT2D eigenvalue weighted by molar-refractivity contribution is 5.96. The first-order valence-electron chi connectivity index (χ1n) is 7.82. The summed E-state index contributed by atoms with van der Waals surface area (Å²) in [6, 6.07) is 10.9. The molecule has 126 valence electrons. The van der Waals surface area contributed by atoms with E-state index < -0.39 is 5.97 Å². The maximum atomic E-state index is 12.6. The standard InChI is InChI=1S/C18H20N2O4/c1-23-13-6-3-5-12(11-13)18(9-4-10-18)20-16(21)14-7-8-15(19-14)17(22)24-2/h3,5-8,11,19H,4,9-10H2,1-2H3,(H,20,21). The van der Waals surface area contributed by atoms with E-state index in [1.54, 1.807) is 19.2 Å². The van der Waals surface area contributed by atoms with Gasteiger partial charge in [-0.15, -0.1) is 0 Å². The van der Waals surface area contributed by atoms with Crippen molar-refractivity contribution in [2.45, 2.75) is 24.8 Å². The number of amides is 1. The molecule has 1 saturated carbocycles. The van der Waals surface area contributed by atoms with E-state index in [4.69, 9.17) is 4.74 Å². The van der Waals surface area contributed by atoms with Crippen LogP contribution in [-0.2, 0) is 10.3 Å². The van der Waals surface area contributed by atoms with E-state index in [0.29, 0.717) is 5.69 Å². The molecule has 0 spiro atoms. The lowest BCUT2D eigenvalue weighted by Gasteiger charge is -2.43. The van der Waals surface area contributed by atoms with Crippen molar-refractivity contribution in [3.8, 4) is 5.75 Å². The first kappa shape index (κ1) is 16.1. The number of carbonyl (C=O) groups excluding carboxylic acids is 2. The summed E-state index contributed by atoms with van der Waals surface area (Å²) in [4.78, 5) is 26.9. The smallest absolute Gasteiger partial charge is 0.354 e. The predicted molar refractivity (Wildman–Crippen MR) is 88.1 cm³/mol. The molecule has 0 atom stereocenters. The lowest BCUT2D eigenvalue weighted by molar-refractivity contribution is 0.0595. The maximum Gasteiger partial charge on any atom is 0.354 e. The van der Waals surface area contributed by atoms with Crippen LogP contribution in [0, 0.1) is 0 Å². The number of hydrogen-bond donors (Lipinski definition) is 2. The Kier molecular flexibility index (Phi) is 4.29. The van der Waals surface area contributed by atoms with Gasteiger partial charge < -0.3 is 19.8 Å². The van der Waals surface area contributed by atoms with Gasteiger partial charge in [0.15, 0.2) is 0 Å². The molecule has 1 aromatic heterocycles. The summed E-state index contributed by atoms with van der Waals surface area (Å²) in [6.07, 6.45) is 2.79. The maximum absolute atomic E-state index is 12.6. The highest BCUT2D eigenvalue weighted by Crippen LogP contribution is 2.42. The van der Waals surface area contributed by atoms with E-state index in [-0.39, 0.29) is 17.1 Å². The van der Waals surface area contributed by atoms with E-state index in [2.05, 4.69) is 15.0 Å². The van der Waals surface area contributed by atoms with Crippen molar-refractivity contribution >= 4 is 11.9 Å². The monoisotopic (exact) mass is 328 g/mol. The SMILES string of the molecule is COC(=O)c1ccc(C(=O)NC2(c3cccc(OC)c3)CCC2)[nH]1. The van der Waals surface area contributed by atoms with Crippen LogP contribution in [0.15, 0.2) is 36.4 Å². The molecular formula is C18H20N2O4. The molecule has 0 unspecified atom stereocenters. The second-order valence-corrected chi connectivity index (χ2v) is 5.90. The Morgan fingerprint density at radius 3 is 2.50 bits per heavy atom. The zero-order valence-electron chi connectivity index (χ0n) is 13.7. The topological polar surface area (TPSA) is 80.4 Å². The van der Waals surface area contributed by atoms with Crippen LogP contribution in [0.25, 0.3) is 0 Å². The number of ether oxygens (including phenoxy) is 2. The molecule has 1 aliphatic carbocycles. The molecule has 1 amide bonds. The first-order valence-corrected chi connectivity index (χ1v) is 7.82. The number of nitrogens with one attached hydrogen (secondary N) is 2. The molecule has 6 nitrogen and oxygen atoms in total. The molecule has 1 aliphatic rings. The van der Waals surface area contributed by atoms with Gasteiger partial charge in [0.25, 0.3) is 5.91 Å². The summed E-state index contributed by atoms with van der Waals surface area (Å²) < 4.78 is 9.92. The third kappa shape index (κ3) is 2.87. The van der Waals surface area contributed by atoms with Crippen LogP contribution in [0.5, 0.6) is 5.75 Å². The summed E-state index contributed by atoms with van der Waals surface area (Å²) in [6.45, 7) is 0. The highest BCUT2D eigenvalue weighted by Gasteiger charge is 2.40. The number of methoxy groups -OCH3 is 2. The average Bonchev–Trinajstić information content (AvgIpc) is 3.07. The van der Waals surface area contributed by atoms with Crippen LogP contribution in [0.2, 0.25) is 0 Å². The van der Waals surface area contributed by atoms with Gasteiger partial charge in [-0.3, -0.25) is 4.79 Å². The minimum Gasteiger partial charge on any atom is -0.497 e. The van der Waals surface area contributed by atoms with Crippen LogP contribution in [0.1, 0.15) is 45.8 Å². The summed E-state index contributed by atoms with van der Waals surface area (Å²) in [5.74, 6) is 0.0220. The normalized spacial score (nSPS) is 15.2. The number of H-pyrrole nitrogens is 1. The van der Waals surface area contributed by atoms with Crippen molar-refractivity contribution in [2.75, 3.05) is 14.2 Å². The molecule has 6 heteroatoms. The minimum absolute atomic E-state index is 0.243. The van der Waals surface area contributed by atoms with Crippen molar-refractivity contribution in [1.29, 1.82) is 0 Å². The number of rotatable bonds is 5. The second kappa shape index (κ2) is 6.39. The molecule has 1 heterocycles. The second-order valence-electron chi connectivity index (χ2n) is 5.90. The number of esters is 1. The molecule has 0 radical (unpaired) electrons. The molecule has 1 fully saturated rings. The molecule has 3 rings (SSSR count). The Hall–Kier alpha value is -2.76. The van der Waals surface area contributed by atoms with Gasteiger partial charge in [0, 0.05) is 0 Å². The van der Waals surface area contributed by atoms with Crippen molar-refractivity contribution in [3.05, 3.63) is 53.3 Å². The average molecular weight is 328 g/mol. The largest absolute Gasteiger partial charge is 0.497 e. The van der Waals surface area contributed by atoms with Crippen LogP contribution >= 0.6 is 0 Å². The highest BCUT2D eigenvalue weighted by atomic mass is 16.5. The zero-order chi connectivity index (χ0) is 17.2. The van der Waals surface area contributed by atoms with Crippen molar-refractivity contribution in [1.82, 2.24) is 10.3 Å². The van der Waals surface area contributed by atoms with E-state index >= 15 is 0 Å². The van der Waals surface area contributed by atoms with Crippen LogP contribution in [0.4, 0.5) is 0 Å². The quantitative estimate of drug-likeness (QED) is 0.827. The molecular weight excluding hydrogens is 308 g/mol. The van der Waals surface area contributed by atoms with Crippen LogP contribution in [0.3, 0.4) is 0 Å². The van der Waals surface area contributed by atoms with Gasteiger partial charge in [0.05, 0.1) is 19.8 Å². The Morgan fingerprint density at radius 2 is 1.88 bits per heavy atom. The lowest BCUT2D eigenvalue weighted by Crippen LogP contribution is -2.50. The lowest BCUT2D eigenvalue weighted by atomic mass is 9.71. The number of hydrogen-bond acceptors (Lipinski definition) is 4. The summed E-state index contributed by atoms with van der Waals surface area (Å²) in [7, 11) is 2.92. The van der Waals surface area contributed by atoms with Gasteiger partial charge in [-0.25, -0.2) is 4.79 Å². The first-order chi connectivity index (χ1) is 11.6. The van der Waals surface area contributed by atoms with Crippen molar-refractivity contribution in [2.24, 2.45) is 0 Å². The molecule has 0 saturated heterocycles. The Bertz CT molecular complexity index is 762. The van der Waals surface area contributed by atoms with E-state index in [1.807, 2.05) is 24.3 Å². The van der Waals surface area contributed by atoms with Crippen molar-refractivity contribution in [3.63, 3.8) is 0 Å². The fourth-order valence-electron chi connectivity index (χ4n) is 2.98. The number of aromatic amines is 1. The molecule has 0 aliphatic heterocycles. The van der Waals surface area contributed by atoms with Crippen LogP contribution in [-0.4, -0.2) is 31.1 Å². The number of carbonyl (C=O) groups is 2. The van der Waals surface area contributed by atoms with Crippen molar-refractivity contribution < 1.29 is 19.1 Å². The molecule has 24 heavy (non-hydrogen) atoms. The van der Waals surface area contributed by atoms with Gasteiger partial charge >= 0.3 is 5.97 Å². The van der Waals surface area contributed by atoms with Gasteiger partial charge in [0.2, 0.25) is 0 Å². The predicted octanol–water partition coefficient (Wildman–Crippen LogP) is 2.62. The van der Waals surface area contributed by atoms with Crippen LogP contribution < -0.4 is 10.1 Å². The van der Waals surface area contributed by atoms with Gasteiger partial charge in [-0.2, -0.15) is 0 Å². The minimum atomic E-state index is -0.500. The fraction of sp³-hybridized carbons (Fsp3) is 0.333. The van der Waals surface area contributed by atoms with Gasteiger partial charge in [-0.1, -0.05) is 12.1 Å². The Morgan fingerprint density at radius 1 is 1.12 bits per heavy atom. The Balaban J connectivity index is 1.80. The van der Waals surface area contributed by atoms with E-state index in [0.717, 1.165) is 30.6 Å². The summed E-state index contributed by atoms with van der Waals surface area (Å²) >= 11 is 0. The van der Waals surface area contributed by atoms with E-state index in [9.17, 15) is 9.59 Å². The third-order valence-corrected chi connectivity index (χ3v) is 4.52. The number of benzene rings is 1. The summed E-state index contributed by atoms with van der Waals surface area (Å²) in [5.41, 5.74) is 1.24. The Labute approximate surface area is 140 Å². The third-order valence-electron chi connectivity index (χ3n) is 4.52. The fourth-order valence-corrected chi connectivity index (χ4v) is 2.98. The molecule has 0 bridgehead atoms. The number of aromatic nitrogens is 1.